The molecule has 6 heteroatoms. The number of rotatable bonds is 4. The fourth-order valence-corrected chi connectivity index (χ4v) is 3.81. The average Bonchev–Trinajstić information content (AvgIpc) is 2.57. The topological polar surface area (TPSA) is 24.5 Å². The Kier molecular flexibility index (Phi) is 5.63. The second-order valence-electron chi connectivity index (χ2n) is 8.02. The number of ether oxygens (including phenoxy) is 1. The van der Waals surface area contributed by atoms with Crippen molar-refractivity contribution in [1.29, 1.82) is 0 Å². The van der Waals surface area contributed by atoms with Crippen molar-refractivity contribution in [2.45, 2.75) is 39.5 Å². The Hall–Kier alpha value is -1.53. The van der Waals surface area contributed by atoms with E-state index in [2.05, 4.69) is 28.8 Å². The maximum absolute atomic E-state index is 12.4. The van der Waals surface area contributed by atoms with Crippen LogP contribution in [0, 0.1) is 5.41 Å². The predicted octanol–water partition coefficient (Wildman–Crippen LogP) is 4.45. The molecule has 1 aromatic carbocycles. The Bertz CT molecular complexity index is 644. The van der Waals surface area contributed by atoms with Gasteiger partial charge in [-0.2, -0.15) is 0 Å². The number of alkyl halides is 3. The fourth-order valence-electron chi connectivity index (χ4n) is 3.81. The van der Waals surface area contributed by atoms with Crippen molar-refractivity contribution in [2.24, 2.45) is 5.41 Å². The van der Waals surface area contributed by atoms with Crippen LogP contribution >= 0.6 is 0 Å². The molecule has 0 spiro atoms. The highest BCUT2D eigenvalue weighted by Crippen LogP contribution is 2.43. The zero-order valence-electron chi connectivity index (χ0n) is 15.5. The van der Waals surface area contributed by atoms with Gasteiger partial charge in [-0.1, -0.05) is 31.6 Å². The van der Waals surface area contributed by atoms with Gasteiger partial charge in [0, 0.05) is 32.7 Å². The molecule has 0 radical (unpaired) electrons. The van der Waals surface area contributed by atoms with Crippen LogP contribution in [-0.4, -0.2) is 44.0 Å². The molecule has 1 aliphatic heterocycles. The molecule has 1 saturated heterocycles. The number of benzene rings is 1. The molecule has 144 valence electrons. The van der Waals surface area contributed by atoms with Crippen LogP contribution in [0.1, 0.15) is 38.7 Å². The van der Waals surface area contributed by atoms with Crippen molar-refractivity contribution in [2.75, 3.05) is 32.7 Å². The van der Waals surface area contributed by atoms with E-state index in [-0.39, 0.29) is 11.2 Å². The van der Waals surface area contributed by atoms with Crippen LogP contribution in [0.25, 0.3) is 5.57 Å². The molecule has 0 unspecified atom stereocenters. The van der Waals surface area contributed by atoms with Gasteiger partial charge in [-0.05, 0) is 47.9 Å². The summed E-state index contributed by atoms with van der Waals surface area (Å²) in [5.74, 6) is -0.166. The fraction of sp³-hybridized carbons (Fsp3) is 0.600. The Labute approximate surface area is 153 Å². The lowest BCUT2D eigenvalue weighted by Gasteiger charge is -2.36. The van der Waals surface area contributed by atoms with Gasteiger partial charge in [0.25, 0.3) is 0 Å². The molecule has 0 saturated carbocycles. The van der Waals surface area contributed by atoms with Crippen molar-refractivity contribution in [1.82, 2.24) is 10.2 Å². The van der Waals surface area contributed by atoms with E-state index in [0.717, 1.165) is 57.5 Å². The van der Waals surface area contributed by atoms with Gasteiger partial charge < -0.3 is 10.1 Å². The summed E-state index contributed by atoms with van der Waals surface area (Å²) in [5, 5.41) is 3.37. The van der Waals surface area contributed by atoms with Crippen LogP contribution in [0.15, 0.2) is 29.8 Å². The summed E-state index contributed by atoms with van der Waals surface area (Å²) in [4.78, 5) is 2.46. The molecule has 1 N–H and O–H groups in total. The Morgan fingerprint density at radius 3 is 2.38 bits per heavy atom. The number of nitrogens with zero attached hydrogens (tertiary/aromatic N) is 1. The van der Waals surface area contributed by atoms with E-state index in [4.69, 9.17) is 0 Å². The zero-order valence-corrected chi connectivity index (χ0v) is 15.5. The second kappa shape index (κ2) is 7.61. The third-order valence-electron chi connectivity index (χ3n) is 5.25. The molecule has 1 heterocycles. The monoisotopic (exact) mass is 368 g/mol. The summed E-state index contributed by atoms with van der Waals surface area (Å²) in [6.07, 6.45) is -1.50. The largest absolute Gasteiger partial charge is 0.573 e. The number of halogens is 3. The van der Waals surface area contributed by atoms with E-state index in [9.17, 15) is 13.2 Å². The minimum atomic E-state index is -4.65. The van der Waals surface area contributed by atoms with E-state index in [1.165, 1.54) is 23.3 Å². The molecule has 0 bridgehead atoms. The quantitative estimate of drug-likeness (QED) is 0.850. The van der Waals surface area contributed by atoms with Crippen molar-refractivity contribution in [3.63, 3.8) is 0 Å². The highest BCUT2D eigenvalue weighted by Gasteiger charge is 2.32. The van der Waals surface area contributed by atoms with Crippen LogP contribution in [0.2, 0.25) is 0 Å². The highest BCUT2D eigenvalue weighted by atomic mass is 19.4. The number of hydrogen-bond donors (Lipinski definition) is 1. The normalized spacial score (nSPS) is 21.7. The number of nitrogens with one attached hydrogen (secondary N) is 1. The van der Waals surface area contributed by atoms with Gasteiger partial charge >= 0.3 is 6.36 Å². The number of allylic oxidation sites excluding steroid dienone is 1. The van der Waals surface area contributed by atoms with Gasteiger partial charge in [-0.25, -0.2) is 0 Å². The molecule has 0 amide bonds. The standard InChI is InChI=1S/C20H27F3N2O/c1-19(2)8-7-16(14-25-11-9-24-10-12-25)18(13-19)15-3-5-17(6-4-15)26-20(21,22)23/h3-6,24H,7-14H2,1-2H3. The summed E-state index contributed by atoms with van der Waals surface area (Å²) >= 11 is 0. The maximum atomic E-state index is 12.4. The maximum Gasteiger partial charge on any atom is 0.573 e. The first kappa shape index (κ1) is 19.2. The third kappa shape index (κ3) is 5.24. The van der Waals surface area contributed by atoms with E-state index in [1.807, 2.05) is 0 Å². The van der Waals surface area contributed by atoms with E-state index in [1.54, 1.807) is 12.1 Å². The van der Waals surface area contributed by atoms with Gasteiger partial charge in [0.2, 0.25) is 0 Å². The summed E-state index contributed by atoms with van der Waals surface area (Å²) in [7, 11) is 0. The van der Waals surface area contributed by atoms with Gasteiger partial charge in [0.1, 0.15) is 5.75 Å². The number of hydrogen-bond acceptors (Lipinski definition) is 3. The smallest absolute Gasteiger partial charge is 0.406 e. The molecule has 26 heavy (non-hydrogen) atoms. The molecule has 0 atom stereocenters. The molecule has 2 aliphatic rings. The highest BCUT2D eigenvalue weighted by molar-refractivity contribution is 5.71. The molecule has 3 rings (SSSR count). The minimum absolute atomic E-state index is 0.166. The molecule has 0 aromatic heterocycles. The molecular weight excluding hydrogens is 341 g/mol. The molecule has 1 aromatic rings. The SMILES string of the molecule is CC1(C)CCC(CN2CCNCC2)=C(c2ccc(OC(F)(F)F)cc2)C1. The number of piperazine rings is 1. The van der Waals surface area contributed by atoms with Gasteiger partial charge in [-0.3, -0.25) is 4.90 Å². The second-order valence-corrected chi connectivity index (χ2v) is 8.02. The van der Waals surface area contributed by atoms with Crippen LogP contribution in [0.5, 0.6) is 5.75 Å². The van der Waals surface area contributed by atoms with Gasteiger partial charge in [-0.15, -0.1) is 13.2 Å². The lowest BCUT2D eigenvalue weighted by atomic mass is 9.72. The lowest BCUT2D eigenvalue weighted by Crippen LogP contribution is -2.44. The first-order chi connectivity index (χ1) is 12.2. The average molecular weight is 368 g/mol. The lowest BCUT2D eigenvalue weighted by molar-refractivity contribution is -0.274. The predicted molar refractivity (Wildman–Crippen MR) is 97.0 cm³/mol. The van der Waals surface area contributed by atoms with Crippen molar-refractivity contribution >= 4 is 5.57 Å². The van der Waals surface area contributed by atoms with Crippen molar-refractivity contribution in [3.8, 4) is 5.75 Å². The van der Waals surface area contributed by atoms with E-state index < -0.39 is 6.36 Å². The zero-order chi connectivity index (χ0) is 18.8. The summed E-state index contributed by atoms with van der Waals surface area (Å²) in [6, 6.07) is 6.35. The summed E-state index contributed by atoms with van der Waals surface area (Å²) in [5.41, 5.74) is 3.94. The minimum Gasteiger partial charge on any atom is -0.406 e. The Morgan fingerprint density at radius 2 is 1.77 bits per heavy atom. The summed E-state index contributed by atoms with van der Waals surface area (Å²) < 4.78 is 41.1. The first-order valence-electron chi connectivity index (χ1n) is 9.22. The molecular formula is C20H27F3N2O. The van der Waals surface area contributed by atoms with E-state index in [0.29, 0.717) is 0 Å². The summed E-state index contributed by atoms with van der Waals surface area (Å²) in [6.45, 7) is 9.57. The van der Waals surface area contributed by atoms with Crippen molar-refractivity contribution in [3.05, 3.63) is 35.4 Å². The third-order valence-corrected chi connectivity index (χ3v) is 5.25. The molecule has 1 fully saturated rings. The van der Waals surface area contributed by atoms with Gasteiger partial charge in [0.05, 0.1) is 0 Å². The van der Waals surface area contributed by atoms with Crippen LogP contribution in [0.3, 0.4) is 0 Å². The van der Waals surface area contributed by atoms with Crippen LogP contribution < -0.4 is 10.1 Å². The van der Waals surface area contributed by atoms with Crippen LogP contribution in [0.4, 0.5) is 13.2 Å². The molecule has 3 nitrogen and oxygen atoms in total. The van der Waals surface area contributed by atoms with Gasteiger partial charge in [0.15, 0.2) is 0 Å². The first-order valence-corrected chi connectivity index (χ1v) is 9.22. The van der Waals surface area contributed by atoms with Crippen LogP contribution in [-0.2, 0) is 0 Å². The van der Waals surface area contributed by atoms with E-state index >= 15 is 0 Å². The molecule has 1 aliphatic carbocycles. The van der Waals surface area contributed by atoms with Crippen molar-refractivity contribution < 1.29 is 17.9 Å². The Morgan fingerprint density at radius 1 is 1.12 bits per heavy atom. The Balaban J connectivity index is 1.83.